The minimum absolute atomic E-state index is 0. The van der Waals surface area contributed by atoms with Crippen LogP contribution in [0.15, 0.2) is 35.3 Å². The van der Waals surface area contributed by atoms with Gasteiger partial charge in [-0.15, -0.1) is 24.0 Å². The Balaban J connectivity index is 0.00000280. The summed E-state index contributed by atoms with van der Waals surface area (Å²) in [6, 6.07) is 10.4. The van der Waals surface area contributed by atoms with Crippen LogP contribution in [0.25, 0.3) is 0 Å². The number of rotatable bonds is 6. The second kappa shape index (κ2) is 11.1. The van der Waals surface area contributed by atoms with Gasteiger partial charge in [-0.3, -0.25) is 14.7 Å². The predicted octanol–water partition coefficient (Wildman–Crippen LogP) is 1.38. The highest BCUT2D eigenvalue weighted by Gasteiger charge is 2.27. The molecule has 2 fully saturated rings. The van der Waals surface area contributed by atoms with Gasteiger partial charge in [0, 0.05) is 31.4 Å². The van der Waals surface area contributed by atoms with Gasteiger partial charge in [-0.2, -0.15) is 0 Å². The van der Waals surface area contributed by atoms with Crippen molar-refractivity contribution in [2.75, 3.05) is 44.2 Å². The molecule has 2 aliphatic heterocycles. The summed E-state index contributed by atoms with van der Waals surface area (Å²) in [6.45, 7) is 5.50. The number of urea groups is 1. The van der Waals surface area contributed by atoms with Gasteiger partial charge in [-0.1, -0.05) is 18.2 Å². The van der Waals surface area contributed by atoms with Crippen LogP contribution in [0.4, 0.5) is 10.5 Å². The van der Waals surface area contributed by atoms with Gasteiger partial charge in [0.05, 0.1) is 19.6 Å². The van der Waals surface area contributed by atoms with Crippen LogP contribution in [0.2, 0.25) is 0 Å². The van der Waals surface area contributed by atoms with Crippen LogP contribution in [0.5, 0.6) is 0 Å². The molecule has 0 spiro atoms. The molecule has 0 bridgehead atoms. The van der Waals surface area contributed by atoms with Crippen molar-refractivity contribution in [3.8, 4) is 0 Å². The zero-order valence-electron chi connectivity index (χ0n) is 16.2. The molecule has 2 saturated heterocycles. The Bertz CT molecular complexity index is 668. The molecular weight excluding hydrogens is 471 g/mol. The summed E-state index contributed by atoms with van der Waals surface area (Å²) in [4.78, 5) is 31.4. The monoisotopic (exact) mass is 500 g/mol. The van der Waals surface area contributed by atoms with Crippen LogP contribution < -0.4 is 20.9 Å². The lowest BCUT2D eigenvalue weighted by atomic mass is 10.1. The standard InChI is InChI=1S/C19H28N6O2.HI/c1-2-20-18(21-10-12-25-17(26)13-22-19(25)27)23-15-7-6-11-24(14-15)16-8-4-3-5-9-16;/h3-5,8-9,15H,2,6-7,10-14H2,1H3,(H,22,27)(H2,20,21,23);1H. The fourth-order valence-electron chi connectivity index (χ4n) is 3.43. The lowest BCUT2D eigenvalue weighted by Crippen LogP contribution is -2.51. The van der Waals surface area contributed by atoms with Crippen LogP contribution in [0.3, 0.4) is 0 Å². The number of nitrogens with one attached hydrogen (secondary N) is 3. The summed E-state index contributed by atoms with van der Waals surface area (Å²) in [5.41, 5.74) is 1.24. The van der Waals surface area contributed by atoms with Crippen molar-refractivity contribution >= 4 is 47.6 Å². The van der Waals surface area contributed by atoms with Crippen molar-refractivity contribution in [1.29, 1.82) is 0 Å². The second-order valence-corrected chi connectivity index (χ2v) is 6.73. The third kappa shape index (κ3) is 5.98. The fourth-order valence-corrected chi connectivity index (χ4v) is 3.43. The van der Waals surface area contributed by atoms with Crippen LogP contribution >= 0.6 is 24.0 Å². The van der Waals surface area contributed by atoms with E-state index in [2.05, 4.69) is 50.1 Å². The molecule has 154 valence electrons. The molecule has 2 heterocycles. The first-order valence-electron chi connectivity index (χ1n) is 9.60. The third-order valence-corrected chi connectivity index (χ3v) is 4.76. The number of para-hydroxylation sites is 1. The second-order valence-electron chi connectivity index (χ2n) is 6.73. The van der Waals surface area contributed by atoms with Crippen LogP contribution in [0.1, 0.15) is 19.8 Å². The first-order valence-corrected chi connectivity index (χ1v) is 9.60. The van der Waals surface area contributed by atoms with Crippen LogP contribution in [-0.2, 0) is 4.79 Å². The third-order valence-electron chi connectivity index (χ3n) is 4.76. The Kier molecular flexibility index (Phi) is 8.81. The summed E-state index contributed by atoms with van der Waals surface area (Å²) in [5, 5.41) is 9.27. The number of benzene rings is 1. The molecule has 0 aromatic heterocycles. The van der Waals surface area contributed by atoms with Gasteiger partial charge in [0.1, 0.15) is 0 Å². The van der Waals surface area contributed by atoms with E-state index in [1.54, 1.807) is 0 Å². The van der Waals surface area contributed by atoms with Gasteiger partial charge in [0.2, 0.25) is 5.91 Å². The molecule has 8 nitrogen and oxygen atoms in total. The number of hydrogen-bond acceptors (Lipinski definition) is 4. The van der Waals surface area contributed by atoms with Crippen molar-refractivity contribution in [3.63, 3.8) is 0 Å². The van der Waals surface area contributed by atoms with Crippen LogP contribution in [0, 0.1) is 0 Å². The fraction of sp³-hybridized carbons (Fsp3) is 0.526. The normalized spacial score (nSPS) is 19.9. The van der Waals surface area contributed by atoms with E-state index in [4.69, 9.17) is 0 Å². The van der Waals surface area contributed by atoms with Gasteiger partial charge in [0.25, 0.3) is 0 Å². The Hall–Kier alpha value is -2.04. The van der Waals surface area contributed by atoms with Crippen LogP contribution in [-0.4, -0.2) is 68.1 Å². The van der Waals surface area contributed by atoms with Gasteiger partial charge in [-0.25, -0.2) is 4.79 Å². The minimum Gasteiger partial charge on any atom is -0.369 e. The topological polar surface area (TPSA) is 89.1 Å². The molecule has 2 aliphatic rings. The van der Waals surface area contributed by atoms with E-state index in [0.29, 0.717) is 19.1 Å². The van der Waals surface area contributed by atoms with Crippen molar-refractivity contribution in [3.05, 3.63) is 30.3 Å². The molecule has 1 aromatic rings. The SMILES string of the molecule is CCNC(=NCCN1C(=O)CNC1=O)NC1CCCN(c2ccccc2)C1.I. The molecular formula is C19H29IN6O2. The van der Waals surface area contributed by atoms with Gasteiger partial charge >= 0.3 is 6.03 Å². The zero-order valence-corrected chi connectivity index (χ0v) is 18.5. The number of aliphatic imine (C=N–C) groups is 1. The average molecular weight is 500 g/mol. The maximum Gasteiger partial charge on any atom is 0.324 e. The summed E-state index contributed by atoms with van der Waals surface area (Å²) < 4.78 is 0. The molecule has 3 amide bonds. The van der Waals surface area contributed by atoms with E-state index in [0.717, 1.165) is 38.4 Å². The van der Waals surface area contributed by atoms with E-state index in [9.17, 15) is 9.59 Å². The Morgan fingerprint density at radius 2 is 2.07 bits per heavy atom. The van der Waals surface area contributed by atoms with E-state index >= 15 is 0 Å². The number of guanidine groups is 1. The largest absolute Gasteiger partial charge is 0.369 e. The molecule has 0 aliphatic carbocycles. The molecule has 9 heteroatoms. The van der Waals surface area contributed by atoms with E-state index < -0.39 is 0 Å². The highest BCUT2D eigenvalue weighted by molar-refractivity contribution is 14.0. The minimum atomic E-state index is -0.334. The average Bonchev–Trinajstić information content (AvgIpc) is 3.01. The molecule has 1 unspecified atom stereocenters. The Morgan fingerprint density at radius 1 is 1.29 bits per heavy atom. The molecule has 0 saturated carbocycles. The zero-order chi connectivity index (χ0) is 19.1. The number of carbonyl (C=O) groups excluding carboxylic acids is 2. The number of imide groups is 1. The van der Waals surface area contributed by atoms with E-state index in [-0.39, 0.29) is 42.5 Å². The van der Waals surface area contributed by atoms with Crippen molar-refractivity contribution in [2.24, 2.45) is 4.99 Å². The number of halogens is 1. The number of hydrogen-bond donors (Lipinski definition) is 3. The van der Waals surface area contributed by atoms with Gasteiger partial charge in [0.15, 0.2) is 5.96 Å². The summed E-state index contributed by atoms with van der Waals surface area (Å²) in [5.74, 6) is 0.531. The van der Waals surface area contributed by atoms with E-state index in [1.165, 1.54) is 10.6 Å². The van der Waals surface area contributed by atoms with E-state index in [1.807, 2.05) is 13.0 Å². The smallest absolute Gasteiger partial charge is 0.324 e. The van der Waals surface area contributed by atoms with Crippen molar-refractivity contribution in [2.45, 2.75) is 25.8 Å². The number of piperidine rings is 1. The Morgan fingerprint density at radius 3 is 2.75 bits per heavy atom. The first-order chi connectivity index (χ1) is 13.2. The molecule has 0 radical (unpaired) electrons. The lowest BCUT2D eigenvalue weighted by molar-refractivity contribution is -0.124. The summed E-state index contributed by atoms with van der Waals surface area (Å²) in [7, 11) is 0. The molecule has 3 N–H and O–H groups in total. The van der Waals surface area contributed by atoms with Crippen molar-refractivity contribution < 1.29 is 9.59 Å². The molecule has 3 rings (SSSR count). The Labute approximate surface area is 183 Å². The number of carbonyl (C=O) groups is 2. The molecule has 1 atom stereocenters. The summed E-state index contributed by atoms with van der Waals surface area (Å²) in [6.07, 6.45) is 2.20. The van der Waals surface area contributed by atoms with Gasteiger partial charge in [-0.05, 0) is 31.9 Å². The highest BCUT2D eigenvalue weighted by atomic mass is 127. The first kappa shape index (κ1) is 22.3. The lowest BCUT2D eigenvalue weighted by Gasteiger charge is -2.35. The van der Waals surface area contributed by atoms with Gasteiger partial charge < -0.3 is 20.9 Å². The summed E-state index contributed by atoms with van der Waals surface area (Å²) >= 11 is 0. The number of nitrogens with zero attached hydrogens (tertiary/aromatic N) is 3. The highest BCUT2D eigenvalue weighted by Crippen LogP contribution is 2.19. The number of anilines is 1. The maximum absolute atomic E-state index is 11.6. The maximum atomic E-state index is 11.6. The molecule has 28 heavy (non-hydrogen) atoms. The molecule has 1 aromatic carbocycles. The number of amides is 3. The quantitative estimate of drug-likeness (QED) is 0.238. The predicted molar refractivity (Wildman–Crippen MR) is 121 cm³/mol. The van der Waals surface area contributed by atoms with Crippen molar-refractivity contribution in [1.82, 2.24) is 20.9 Å².